The van der Waals surface area contributed by atoms with Gasteiger partial charge in [-0.15, -0.1) is 4.91 Å². The maximum atomic E-state index is 11.1. The zero-order valence-corrected chi connectivity index (χ0v) is 7.46. The van der Waals surface area contributed by atoms with Crippen LogP contribution in [0.2, 0.25) is 5.02 Å². The first kappa shape index (κ1) is 8.83. The SMILES string of the molecule is O=Nc1cc2c(cc1Cl)C(=O)NC2=O. The third-order valence-corrected chi connectivity index (χ3v) is 2.20. The van der Waals surface area contributed by atoms with Crippen molar-refractivity contribution in [3.63, 3.8) is 0 Å². The largest absolute Gasteiger partial charge is 0.288 e. The van der Waals surface area contributed by atoms with E-state index in [9.17, 15) is 14.5 Å². The lowest BCUT2D eigenvalue weighted by molar-refractivity contribution is 0.0879. The lowest BCUT2D eigenvalue weighted by Crippen LogP contribution is -2.19. The Bertz CT molecular complexity index is 470. The average molecular weight is 211 g/mol. The molecule has 1 aliphatic rings. The molecule has 0 spiro atoms. The number of rotatable bonds is 1. The van der Waals surface area contributed by atoms with Crippen LogP contribution in [0.4, 0.5) is 5.69 Å². The fourth-order valence-electron chi connectivity index (χ4n) is 1.25. The van der Waals surface area contributed by atoms with Crippen molar-refractivity contribution >= 4 is 29.1 Å². The van der Waals surface area contributed by atoms with Crippen molar-refractivity contribution in [3.05, 3.63) is 33.2 Å². The summed E-state index contributed by atoms with van der Waals surface area (Å²) in [6.07, 6.45) is 0. The van der Waals surface area contributed by atoms with E-state index in [4.69, 9.17) is 11.6 Å². The molecule has 1 N–H and O–H groups in total. The summed E-state index contributed by atoms with van der Waals surface area (Å²) in [6, 6.07) is 2.46. The van der Waals surface area contributed by atoms with Crippen molar-refractivity contribution in [3.8, 4) is 0 Å². The quantitative estimate of drug-likeness (QED) is 0.565. The Hall–Kier alpha value is -1.75. The van der Waals surface area contributed by atoms with E-state index in [1.54, 1.807) is 0 Å². The van der Waals surface area contributed by atoms with Crippen LogP contribution in [0.3, 0.4) is 0 Å². The summed E-state index contributed by atoms with van der Waals surface area (Å²) in [7, 11) is 0. The van der Waals surface area contributed by atoms with E-state index in [0.29, 0.717) is 0 Å². The third-order valence-electron chi connectivity index (χ3n) is 1.90. The molecular formula is C8H3ClN2O3. The highest BCUT2D eigenvalue weighted by atomic mass is 35.5. The summed E-state index contributed by atoms with van der Waals surface area (Å²) in [4.78, 5) is 32.5. The average Bonchev–Trinajstić information content (AvgIpc) is 2.41. The second-order valence-electron chi connectivity index (χ2n) is 2.72. The Labute approximate surface area is 83.0 Å². The molecule has 70 valence electrons. The standard InChI is InChI=1S/C8H3ClN2O3/c9-5-1-3-4(2-6(5)11-14)8(13)10-7(3)12/h1-2H,(H,10,12,13). The first-order chi connectivity index (χ1) is 6.63. The van der Waals surface area contributed by atoms with Crippen molar-refractivity contribution < 1.29 is 9.59 Å². The molecule has 1 aromatic carbocycles. The summed E-state index contributed by atoms with van der Waals surface area (Å²) in [5.41, 5.74) is 0.261. The van der Waals surface area contributed by atoms with E-state index in [1.807, 2.05) is 0 Å². The van der Waals surface area contributed by atoms with Crippen molar-refractivity contribution in [1.82, 2.24) is 5.32 Å². The predicted octanol–water partition coefficient (Wildman–Crippen LogP) is 1.62. The van der Waals surface area contributed by atoms with Crippen LogP contribution in [0.1, 0.15) is 20.7 Å². The minimum absolute atomic E-state index is 0.0460. The van der Waals surface area contributed by atoms with E-state index >= 15 is 0 Å². The molecule has 0 bridgehead atoms. The molecule has 0 aromatic heterocycles. The topological polar surface area (TPSA) is 75.6 Å². The van der Waals surface area contributed by atoms with Crippen LogP contribution >= 0.6 is 11.6 Å². The number of hydrogen-bond donors (Lipinski definition) is 1. The van der Waals surface area contributed by atoms with Crippen molar-refractivity contribution in [2.24, 2.45) is 5.18 Å². The number of amides is 2. The number of benzene rings is 1. The number of nitrogens with zero attached hydrogens (tertiary/aromatic N) is 1. The molecule has 0 saturated heterocycles. The zero-order valence-electron chi connectivity index (χ0n) is 6.70. The number of hydrogen-bond acceptors (Lipinski definition) is 4. The summed E-state index contributed by atoms with van der Waals surface area (Å²) < 4.78 is 0. The number of imide groups is 1. The van der Waals surface area contributed by atoms with Gasteiger partial charge in [0.05, 0.1) is 16.1 Å². The first-order valence-corrected chi connectivity index (χ1v) is 4.04. The number of nitrogens with one attached hydrogen (secondary N) is 1. The maximum absolute atomic E-state index is 11.1. The molecule has 1 aliphatic heterocycles. The minimum atomic E-state index is -0.536. The Morgan fingerprint density at radius 3 is 2.29 bits per heavy atom. The second-order valence-corrected chi connectivity index (χ2v) is 3.13. The van der Waals surface area contributed by atoms with Gasteiger partial charge in [-0.05, 0) is 17.3 Å². The molecule has 1 heterocycles. The Balaban J connectivity index is 2.71. The van der Waals surface area contributed by atoms with Crippen molar-refractivity contribution in [1.29, 1.82) is 0 Å². The maximum Gasteiger partial charge on any atom is 0.259 e. The van der Waals surface area contributed by atoms with Crippen LogP contribution in [0.15, 0.2) is 17.3 Å². The molecule has 6 heteroatoms. The molecule has 14 heavy (non-hydrogen) atoms. The van der Waals surface area contributed by atoms with Crippen LogP contribution in [0.25, 0.3) is 0 Å². The van der Waals surface area contributed by atoms with E-state index in [-0.39, 0.29) is 21.8 Å². The van der Waals surface area contributed by atoms with E-state index in [0.717, 1.165) is 0 Å². The van der Waals surface area contributed by atoms with Gasteiger partial charge >= 0.3 is 0 Å². The van der Waals surface area contributed by atoms with Crippen LogP contribution in [-0.2, 0) is 0 Å². The van der Waals surface area contributed by atoms with Gasteiger partial charge in [0.15, 0.2) is 0 Å². The summed E-state index contributed by atoms with van der Waals surface area (Å²) in [6.45, 7) is 0. The van der Waals surface area contributed by atoms with Crippen LogP contribution in [0, 0.1) is 4.91 Å². The third kappa shape index (κ3) is 1.10. The first-order valence-electron chi connectivity index (χ1n) is 3.66. The highest BCUT2D eigenvalue weighted by molar-refractivity contribution is 6.34. The fraction of sp³-hybridized carbons (Fsp3) is 0. The molecule has 0 radical (unpaired) electrons. The highest BCUT2D eigenvalue weighted by Gasteiger charge is 2.28. The van der Waals surface area contributed by atoms with Gasteiger partial charge in [-0.2, -0.15) is 0 Å². The van der Waals surface area contributed by atoms with Gasteiger partial charge in [0.2, 0.25) is 0 Å². The molecule has 2 rings (SSSR count). The summed E-state index contributed by atoms with van der Waals surface area (Å²) in [5.74, 6) is -1.05. The molecule has 0 atom stereocenters. The number of fused-ring (bicyclic) bond motifs is 1. The minimum Gasteiger partial charge on any atom is -0.288 e. The van der Waals surface area contributed by atoms with Gasteiger partial charge < -0.3 is 0 Å². The Morgan fingerprint density at radius 1 is 1.14 bits per heavy atom. The monoisotopic (exact) mass is 210 g/mol. The molecule has 0 aliphatic carbocycles. The number of halogens is 1. The summed E-state index contributed by atoms with van der Waals surface area (Å²) in [5, 5.41) is 4.77. The van der Waals surface area contributed by atoms with Gasteiger partial charge in [-0.3, -0.25) is 14.9 Å². The van der Waals surface area contributed by atoms with Gasteiger partial charge in [0.25, 0.3) is 11.8 Å². The van der Waals surface area contributed by atoms with Gasteiger partial charge in [-0.25, -0.2) is 0 Å². The van der Waals surface area contributed by atoms with Crippen molar-refractivity contribution in [2.75, 3.05) is 0 Å². The zero-order chi connectivity index (χ0) is 10.3. The summed E-state index contributed by atoms with van der Waals surface area (Å²) >= 11 is 5.64. The molecule has 0 fully saturated rings. The molecule has 1 aromatic rings. The van der Waals surface area contributed by atoms with Gasteiger partial charge in [0.1, 0.15) is 5.69 Å². The lowest BCUT2D eigenvalue weighted by atomic mass is 10.1. The molecule has 2 amide bonds. The number of nitroso groups, excluding NO2 is 1. The van der Waals surface area contributed by atoms with E-state index < -0.39 is 11.8 Å². The van der Waals surface area contributed by atoms with Gasteiger partial charge in [-0.1, -0.05) is 11.6 Å². The second kappa shape index (κ2) is 2.88. The molecular weight excluding hydrogens is 208 g/mol. The fourth-order valence-corrected chi connectivity index (χ4v) is 1.44. The number of carbonyl (C=O) groups excluding carboxylic acids is 2. The molecule has 0 saturated carbocycles. The Morgan fingerprint density at radius 2 is 1.71 bits per heavy atom. The van der Waals surface area contributed by atoms with Gasteiger partial charge in [0, 0.05) is 0 Å². The molecule has 5 nitrogen and oxygen atoms in total. The smallest absolute Gasteiger partial charge is 0.259 e. The Kier molecular flexibility index (Phi) is 1.82. The van der Waals surface area contributed by atoms with E-state index in [1.165, 1.54) is 12.1 Å². The van der Waals surface area contributed by atoms with E-state index in [2.05, 4.69) is 10.5 Å². The van der Waals surface area contributed by atoms with Crippen LogP contribution in [-0.4, -0.2) is 11.8 Å². The van der Waals surface area contributed by atoms with Crippen LogP contribution < -0.4 is 5.32 Å². The van der Waals surface area contributed by atoms with Crippen molar-refractivity contribution in [2.45, 2.75) is 0 Å². The lowest BCUT2D eigenvalue weighted by Gasteiger charge is -1.97. The highest BCUT2D eigenvalue weighted by Crippen LogP contribution is 2.30. The number of carbonyl (C=O) groups is 2. The van der Waals surface area contributed by atoms with Crippen LogP contribution in [0.5, 0.6) is 0 Å². The predicted molar refractivity (Wildman–Crippen MR) is 48.7 cm³/mol. The molecule has 0 unspecified atom stereocenters. The normalized spacial score (nSPS) is 13.8.